The highest BCUT2D eigenvalue weighted by Gasteiger charge is 2.28. The molecule has 0 aromatic heterocycles. The molecule has 0 bridgehead atoms. The molecule has 0 radical (unpaired) electrons. The van der Waals surface area contributed by atoms with Gasteiger partial charge in [0.2, 0.25) is 10.0 Å². The van der Waals surface area contributed by atoms with Crippen LogP contribution < -0.4 is 5.32 Å². The average Bonchev–Trinajstić information content (AvgIpc) is 3.44. The lowest BCUT2D eigenvalue weighted by atomic mass is 10.1. The van der Waals surface area contributed by atoms with E-state index in [1.807, 2.05) is 0 Å². The second kappa shape index (κ2) is 7.75. The van der Waals surface area contributed by atoms with E-state index in [-0.39, 0.29) is 29.0 Å². The minimum Gasteiger partial charge on any atom is -0.452 e. The van der Waals surface area contributed by atoms with Crippen LogP contribution in [0.5, 0.6) is 0 Å². The Morgan fingerprint density at radius 2 is 1.88 bits per heavy atom. The average molecular weight is 380 g/mol. The zero-order valence-electron chi connectivity index (χ0n) is 14.9. The van der Waals surface area contributed by atoms with Crippen molar-refractivity contribution in [1.29, 1.82) is 0 Å². The van der Waals surface area contributed by atoms with Crippen LogP contribution in [0.3, 0.4) is 0 Å². The number of amides is 1. The molecule has 1 saturated carbocycles. The largest absolute Gasteiger partial charge is 0.452 e. The van der Waals surface area contributed by atoms with Gasteiger partial charge in [0.1, 0.15) is 0 Å². The number of sulfonamides is 1. The molecule has 1 aliphatic carbocycles. The Morgan fingerprint density at radius 1 is 1.19 bits per heavy atom. The number of ether oxygens (including phenoxy) is 1. The van der Waals surface area contributed by atoms with Crippen LogP contribution in [-0.2, 0) is 19.6 Å². The van der Waals surface area contributed by atoms with Crippen molar-refractivity contribution >= 4 is 21.9 Å². The van der Waals surface area contributed by atoms with E-state index in [2.05, 4.69) is 5.32 Å². The van der Waals surface area contributed by atoms with Gasteiger partial charge < -0.3 is 10.1 Å². The van der Waals surface area contributed by atoms with Gasteiger partial charge in [-0.05, 0) is 50.3 Å². The number of rotatable bonds is 6. The Balaban J connectivity index is 1.71. The van der Waals surface area contributed by atoms with Crippen molar-refractivity contribution < 1.29 is 22.7 Å². The summed E-state index contributed by atoms with van der Waals surface area (Å²) in [5.41, 5.74) is 0.712. The van der Waals surface area contributed by atoms with Crippen LogP contribution in [0.4, 0.5) is 0 Å². The third-order valence-corrected chi connectivity index (χ3v) is 6.67. The van der Waals surface area contributed by atoms with Gasteiger partial charge in [0, 0.05) is 19.1 Å². The van der Waals surface area contributed by atoms with Gasteiger partial charge in [-0.25, -0.2) is 13.2 Å². The van der Waals surface area contributed by atoms with Crippen molar-refractivity contribution in [2.45, 2.75) is 50.0 Å². The number of hydrogen-bond donors (Lipinski definition) is 1. The van der Waals surface area contributed by atoms with Gasteiger partial charge in [-0.15, -0.1) is 0 Å². The lowest BCUT2D eigenvalue weighted by molar-refractivity contribution is -0.124. The number of benzene rings is 1. The quantitative estimate of drug-likeness (QED) is 0.757. The smallest absolute Gasteiger partial charge is 0.338 e. The van der Waals surface area contributed by atoms with Gasteiger partial charge in [0.05, 0.1) is 10.5 Å². The first-order valence-electron chi connectivity index (χ1n) is 8.95. The third-order valence-electron chi connectivity index (χ3n) is 4.63. The Labute approximate surface area is 153 Å². The van der Waals surface area contributed by atoms with E-state index in [0.717, 1.165) is 32.1 Å². The van der Waals surface area contributed by atoms with E-state index >= 15 is 0 Å². The zero-order valence-corrected chi connectivity index (χ0v) is 15.7. The number of esters is 1. The predicted octanol–water partition coefficient (Wildman–Crippen LogP) is 1.61. The number of carbonyl (C=O) groups excluding carboxylic acids is 2. The molecule has 2 fully saturated rings. The minimum absolute atomic E-state index is 0.122. The number of nitrogens with zero attached hydrogens (tertiary/aromatic N) is 1. The van der Waals surface area contributed by atoms with Gasteiger partial charge in [-0.1, -0.05) is 12.5 Å². The molecule has 1 aliphatic heterocycles. The van der Waals surface area contributed by atoms with Crippen LogP contribution in [0, 0.1) is 6.92 Å². The molecule has 26 heavy (non-hydrogen) atoms. The molecule has 0 unspecified atom stereocenters. The van der Waals surface area contributed by atoms with Crippen molar-refractivity contribution in [2.24, 2.45) is 0 Å². The van der Waals surface area contributed by atoms with E-state index in [4.69, 9.17) is 4.74 Å². The molecule has 0 spiro atoms. The van der Waals surface area contributed by atoms with Crippen molar-refractivity contribution in [2.75, 3.05) is 19.7 Å². The molecular formula is C18H24N2O5S. The molecule has 8 heteroatoms. The highest BCUT2D eigenvalue weighted by atomic mass is 32.2. The van der Waals surface area contributed by atoms with Crippen molar-refractivity contribution in [3.63, 3.8) is 0 Å². The first-order valence-corrected chi connectivity index (χ1v) is 10.4. The summed E-state index contributed by atoms with van der Waals surface area (Å²) in [6.07, 6.45) is 4.62. The second-order valence-electron chi connectivity index (χ2n) is 6.86. The molecular weight excluding hydrogens is 356 g/mol. The number of aryl methyl sites for hydroxylation is 1. The Morgan fingerprint density at radius 3 is 2.54 bits per heavy atom. The van der Waals surface area contributed by atoms with Crippen LogP contribution in [-0.4, -0.2) is 50.3 Å². The van der Waals surface area contributed by atoms with Crippen LogP contribution in [0.1, 0.15) is 48.0 Å². The molecule has 1 aromatic carbocycles. The topological polar surface area (TPSA) is 92.8 Å². The maximum atomic E-state index is 12.9. The maximum absolute atomic E-state index is 12.9. The minimum atomic E-state index is -3.64. The summed E-state index contributed by atoms with van der Waals surface area (Å²) in [5.74, 6) is -1.04. The fourth-order valence-electron chi connectivity index (χ4n) is 2.96. The highest BCUT2D eigenvalue weighted by molar-refractivity contribution is 7.89. The fraction of sp³-hybridized carbons (Fsp3) is 0.556. The van der Waals surface area contributed by atoms with Gasteiger partial charge in [-0.3, -0.25) is 4.79 Å². The van der Waals surface area contributed by atoms with E-state index in [1.54, 1.807) is 13.0 Å². The molecule has 3 rings (SSSR count). The van der Waals surface area contributed by atoms with Crippen LogP contribution >= 0.6 is 0 Å². The summed E-state index contributed by atoms with van der Waals surface area (Å²) < 4.78 is 32.3. The standard InChI is InChI=1S/C18H24N2O5S/c1-13-5-6-14(18(22)25-12-17(21)19-15-7-8-15)11-16(13)26(23,24)20-9-3-2-4-10-20/h5-6,11,15H,2-4,7-10,12H2,1H3,(H,19,21). The Kier molecular flexibility index (Phi) is 5.62. The summed E-state index contributed by atoms with van der Waals surface area (Å²) >= 11 is 0. The number of nitrogens with one attached hydrogen (secondary N) is 1. The van der Waals surface area contributed by atoms with E-state index in [0.29, 0.717) is 18.7 Å². The Bertz CT molecular complexity index is 796. The lowest BCUT2D eigenvalue weighted by Gasteiger charge is -2.26. The van der Waals surface area contributed by atoms with E-state index in [1.165, 1.54) is 16.4 Å². The van der Waals surface area contributed by atoms with Crippen LogP contribution in [0.2, 0.25) is 0 Å². The molecule has 1 amide bonds. The summed E-state index contributed by atoms with van der Waals surface area (Å²) in [6, 6.07) is 4.66. The van der Waals surface area contributed by atoms with Crippen LogP contribution in [0.25, 0.3) is 0 Å². The highest BCUT2D eigenvalue weighted by Crippen LogP contribution is 2.24. The first kappa shape index (κ1) is 18.8. The zero-order chi connectivity index (χ0) is 18.7. The number of hydrogen-bond acceptors (Lipinski definition) is 5. The van der Waals surface area contributed by atoms with Crippen LogP contribution in [0.15, 0.2) is 23.1 Å². The molecule has 7 nitrogen and oxygen atoms in total. The second-order valence-corrected chi connectivity index (χ2v) is 8.77. The molecule has 142 valence electrons. The van der Waals surface area contributed by atoms with E-state index < -0.39 is 16.0 Å². The summed E-state index contributed by atoms with van der Waals surface area (Å²) in [7, 11) is -3.64. The summed E-state index contributed by atoms with van der Waals surface area (Å²) in [6.45, 7) is 2.34. The van der Waals surface area contributed by atoms with Crippen molar-refractivity contribution in [1.82, 2.24) is 9.62 Å². The Hall–Kier alpha value is -1.93. The third kappa shape index (κ3) is 4.42. The molecule has 0 atom stereocenters. The molecule has 1 heterocycles. The maximum Gasteiger partial charge on any atom is 0.338 e. The summed E-state index contributed by atoms with van der Waals surface area (Å²) in [4.78, 5) is 24.0. The molecule has 1 N–H and O–H groups in total. The molecule has 1 saturated heterocycles. The number of piperidine rings is 1. The SMILES string of the molecule is Cc1ccc(C(=O)OCC(=O)NC2CC2)cc1S(=O)(=O)N1CCCCC1. The van der Waals surface area contributed by atoms with E-state index in [9.17, 15) is 18.0 Å². The summed E-state index contributed by atoms with van der Waals surface area (Å²) in [5, 5.41) is 2.73. The molecule has 1 aromatic rings. The monoisotopic (exact) mass is 380 g/mol. The first-order chi connectivity index (χ1) is 12.4. The fourth-order valence-corrected chi connectivity index (χ4v) is 4.73. The van der Waals surface area contributed by atoms with Gasteiger partial charge in [-0.2, -0.15) is 4.31 Å². The lowest BCUT2D eigenvalue weighted by Crippen LogP contribution is -2.36. The van der Waals surface area contributed by atoms with Gasteiger partial charge >= 0.3 is 5.97 Å². The van der Waals surface area contributed by atoms with Gasteiger partial charge in [0.15, 0.2) is 6.61 Å². The number of carbonyl (C=O) groups is 2. The molecule has 2 aliphatic rings. The van der Waals surface area contributed by atoms with Gasteiger partial charge in [0.25, 0.3) is 5.91 Å². The predicted molar refractivity (Wildman–Crippen MR) is 95.2 cm³/mol. The van der Waals surface area contributed by atoms with Crippen molar-refractivity contribution in [3.05, 3.63) is 29.3 Å². The van der Waals surface area contributed by atoms with Crippen molar-refractivity contribution in [3.8, 4) is 0 Å². The normalized spacial score (nSPS) is 18.3.